The van der Waals surface area contributed by atoms with Gasteiger partial charge in [0.15, 0.2) is 5.65 Å². The van der Waals surface area contributed by atoms with E-state index in [0.717, 1.165) is 27.4 Å². The van der Waals surface area contributed by atoms with Gasteiger partial charge in [-0.25, -0.2) is 9.97 Å². The molecule has 0 aromatic carbocycles. The summed E-state index contributed by atoms with van der Waals surface area (Å²) in [5, 5.41) is 4.88. The van der Waals surface area contributed by atoms with Crippen molar-refractivity contribution in [1.29, 1.82) is 0 Å². The molecule has 0 fully saturated rings. The van der Waals surface area contributed by atoms with Crippen LogP contribution in [0.25, 0.3) is 11.2 Å². The van der Waals surface area contributed by atoms with Crippen molar-refractivity contribution in [2.24, 2.45) is 7.05 Å². The molecule has 0 atom stereocenters. The van der Waals surface area contributed by atoms with Gasteiger partial charge >= 0.3 is 0 Å². The number of nitrogens with one attached hydrogen (secondary N) is 1. The average Bonchev–Trinajstić information content (AvgIpc) is 3.04. The minimum Gasteiger partial charge on any atom is -0.351 e. The van der Waals surface area contributed by atoms with Crippen molar-refractivity contribution in [3.05, 3.63) is 46.0 Å². The summed E-state index contributed by atoms with van der Waals surface area (Å²) in [5.74, 6) is 0.909. The van der Waals surface area contributed by atoms with Crippen LogP contribution in [0.1, 0.15) is 21.1 Å². The number of carbonyl (C=O) groups excluding carboxylic acids is 1. The Labute approximate surface area is 126 Å². The third-order valence-corrected chi connectivity index (χ3v) is 4.44. The van der Waals surface area contributed by atoms with E-state index in [2.05, 4.69) is 15.3 Å². The highest BCUT2D eigenvalue weighted by molar-refractivity contribution is 7.12. The molecule has 0 saturated carbocycles. The summed E-state index contributed by atoms with van der Waals surface area (Å²) in [6, 6.07) is 5.77. The van der Waals surface area contributed by atoms with Crippen molar-refractivity contribution in [3.63, 3.8) is 0 Å². The lowest BCUT2D eigenvalue weighted by molar-refractivity contribution is 0.0957. The van der Waals surface area contributed by atoms with Gasteiger partial charge in [-0.2, -0.15) is 0 Å². The molecule has 1 amide bonds. The number of rotatable bonds is 4. The minimum absolute atomic E-state index is 0.0145. The molecule has 0 unspecified atom stereocenters. The molecule has 1 N–H and O–H groups in total. The van der Waals surface area contributed by atoms with Gasteiger partial charge in [0.1, 0.15) is 11.3 Å². The van der Waals surface area contributed by atoms with Crippen LogP contribution in [-0.2, 0) is 13.5 Å². The Morgan fingerprint density at radius 1 is 1.43 bits per heavy atom. The predicted molar refractivity (Wildman–Crippen MR) is 83.6 cm³/mol. The number of thiophene rings is 1. The van der Waals surface area contributed by atoms with E-state index >= 15 is 0 Å². The monoisotopic (exact) mass is 300 g/mol. The lowest BCUT2D eigenvalue weighted by Crippen LogP contribution is -2.26. The van der Waals surface area contributed by atoms with Gasteiger partial charge in [0.05, 0.1) is 4.88 Å². The SMILES string of the molecule is Cc1ccsc1C(=O)NCCc1nc2cccnc2n1C. The topological polar surface area (TPSA) is 59.8 Å². The second-order valence-electron chi connectivity index (χ2n) is 4.87. The van der Waals surface area contributed by atoms with Gasteiger partial charge in [-0.1, -0.05) is 0 Å². The third-order valence-electron chi connectivity index (χ3n) is 3.42. The molecule has 0 saturated heterocycles. The van der Waals surface area contributed by atoms with E-state index in [1.54, 1.807) is 6.20 Å². The fourth-order valence-electron chi connectivity index (χ4n) is 2.27. The molecule has 3 aromatic heterocycles. The number of hydrogen-bond acceptors (Lipinski definition) is 4. The number of carbonyl (C=O) groups is 1. The Kier molecular flexibility index (Phi) is 3.70. The third kappa shape index (κ3) is 2.67. The van der Waals surface area contributed by atoms with Crippen LogP contribution in [0.2, 0.25) is 0 Å². The first-order chi connectivity index (χ1) is 10.2. The second kappa shape index (κ2) is 5.65. The highest BCUT2D eigenvalue weighted by Crippen LogP contribution is 2.15. The van der Waals surface area contributed by atoms with Gasteiger partial charge in [-0.15, -0.1) is 11.3 Å². The highest BCUT2D eigenvalue weighted by Gasteiger charge is 2.11. The van der Waals surface area contributed by atoms with Crippen LogP contribution >= 0.6 is 11.3 Å². The molecule has 6 heteroatoms. The molecule has 0 aliphatic rings. The molecular formula is C15H16N4OS. The van der Waals surface area contributed by atoms with E-state index in [1.165, 1.54) is 11.3 Å². The number of hydrogen-bond donors (Lipinski definition) is 1. The number of fused-ring (bicyclic) bond motifs is 1. The van der Waals surface area contributed by atoms with Gasteiger partial charge in [0, 0.05) is 26.2 Å². The van der Waals surface area contributed by atoms with E-state index in [4.69, 9.17) is 0 Å². The van der Waals surface area contributed by atoms with Crippen molar-refractivity contribution in [2.75, 3.05) is 6.54 Å². The maximum Gasteiger partial charge on any atom is 0.261 e. The van der Waals surface area contributed by atoms with Gasteiger partial charge in [0.2, 0.25) is 0 Å². The predicted octanol–water partition coefficient (Wildman–Crippen LogP) is 2.31. The summed E-state index contributed by atoms with van der Waals surface area (Å²) in [6.07, 6.45) is 2.44. The van der Waals surface area contributed by atoms with Gasteiger partial charge in [-0.3, -0.25) is 4.79 Å². The van der Waals surface area contributed by atoms with Crippen LogP contribution in [0.5, 0.6) is 0 Å². The molecule has 0 bridgehead atoms. The molecular weight excluding hydrogens is 284 g/mol. The van der Waals surface area contributed by atoms with Gasteiger partial charge in [-0.05, 0) is 36.1 Å². The van der Waals surface area contributed by atoms with Crippen molar-refractivity contribution >= 4 is 28.4 Å². The molecule has 21 heavy (non-hydrogen) atoms. The Hall–Kier alpha value is -2.21. The Morgan fingerprint density at radius 3 is 3.00 bits per heavy atom. The first-order valence-electron chi connectivity index (χ1n) is 6.75. The number of imidazole rings is 1. The molecule has 0 aliphatic heterocycles. The van der Waals surface area contributed by atoms with Crippen molar-refractivity contribution in [1.82, 2.24) is 19.9 Å². The van der Waals surface area contributed by atoms with Gasteiger partial charge in [0.25, 0.3) is 5.91 Å². The van der Waals surface area contributed by atoms with Crippen molar-refractivity contribution in [2.45, 2.75) is 13.3 Å². The van der Waals surface area contributed by atoms with E-state index in [0.29, 0.717) is 13.0 Å². The smallest absolute Gasteiger partial charge is 0.261 e. The van der Waals surface area contributed by atoms with Crippen LogP contribution in [0.15, 0.2) is 29.8 Å². The number of aromatic nitrogens is 3. The van der Waals surface area contributed by atoms with Crippen LogP contribution < -0.4 is 5.32 Å². The van der Waals surface area contributed by atoms with Crippen molar-refractivity contribution < 1.29 is 4.79 Å². The zero-order valence-electron chi connectivity index (χ0n) is 12.0. The Balaban J connectivity index is 1.66. The molecule has 0 aliphatic carbocycles. The van der Waals surface area contributed by atoms with E-state index in [1.807, 2.05) is 42.1 Å². The largest absolute Gasteiger partial charge is 0.351 e. The van der Waals surface area contributed by atoms with Gasteiger partial charge < -0.3 is 9.88 Å². The zero-order chi connectivity index (χ0) is 14.8. The quantitative estimate of drug-likeness (QED) is 0.804. The average molecular weight is 300 g/mol. The Bertz CT molecular complexity index is 790. The number of amides is 1. The fourth-order valence-corrected chi connectivity index (χ4v) is 3.11. The summed E-state index contributed by atoms with van der Waals surface area (Å²) in [7, 11) is 1.95. The molecule has 0 radical (unpaired) electrons. The minimum atomic E-state index is -0.0145. The maximum absolute atomic E-state index is 12.0. The molecule has 3 heterocycles. The van der Waals surface area contributed by atoms with E-state index in [-0.39, 0.29) is 5.91 Å². The molecule has 3 rings (SSSR count). The summed E-state index contributed by atoms with van der Waals surface area (Å²) >= 11 is 1.47. The van der Waals surface area contributed by atoms with Crippen LogP contribution in [0.4, 0.5) is 0 Å². The summed E-state index contributed by atoms with van der Waals surface area (Å²) < 4.78 is 1.97. The normalized spacial score (nSPS) is 11.0. The second-order valence-corrected chi connectivity index (χ2v) is 5.79. The standard InChI is InChI=1S/C15H16N4OS/c1-10-6-9-21-13(10)15(20)17-8-5-12-18-11-4-3-7-16-14(11)19(12)2/h3-4,6-7,9H,5,8H2,1-2H3,(H,17,20). The van der Waals surface area contributed by atoms with Crippen LogP contribution in [-0.4, -0.2) is 27.0 Å². The zero-order valence-corrected chi connectivity index (χ0v) is 12.8. The molecule has 108 valence electrons. The first kappa shape index (κ1) is 13.8. The van der Waals surface area contributed by atoms with E-state index < -0.39 is 0 Å². The lowest BCUT2D eigenvalue weighted by Gasteiger charge is -2.05. The van der Waals surface area contributed by atoms with Crippen LogP contribution in [0.3, 0.4) is 0 Å². The Morgan fingerprint density at radius 2 is 2.29 bits per heavy atom. The van der Waals surface area contributed by atoms with Crippen LogP contribution in [0, 0.1) is 6.92 Å². The summed E-state index contributed by atoms with van der Waals surface area (Å²) in [5.41, 5.74) is 2.77. The lowest BCUT2D eigenvalue weighted by atomic mass is 10.3. The van der Waals surface area contributed by atoms with E-state index in [9.17, 15) is 4.79 Å². The van der Waals surface area contributed by atoms with Crippen molar-refractivity contribution in [3.8, 4) is 0 Å². The maximum atomic E-state index is 12.0. The molecule has 0 spiro atoms. The number of nitrogens with zero attached hydrogens (tertiary/aromatic N) is 3. The number of aryl methyl sites for hydroxylation is 2. The molecule has 5 nitrogen and oxygen atoms in total. The first-order valence-corrected chi connectivity index (χ1v) is 7.63. The summed E-state index contributed by atoms with van der Waals surface area (Å²) in [6.45, 7) is 2.51. The summed E-state index contributed by atoms with van der Waals surface area (Å²) in [4.78, 5) is 21.7. The fraction of sp³-hybridized carbons (Fsp3) is 0.267. The number of pyridine rings is 1. The highest BCUT2D eigenvalue weighted by atomic mass is 32.1. The molecule has 3 aromatic rings.